The van der Waals surface area contributed by atoms with E-state index in [9.17, 15) is 4.79 Å². The molecular formula is C14H12O. The Morgan fingerprint density at radius 2 is 1.60 bits per heavy atom. The van der Waals surface area contributed by atoms with Crippen LogP contribution in [0.15, 0.2) is 48.5 Å². The molecule has 0 heterocycles. The molecule has 0 fully saturated rings. The van der Waals surface area contributed by atoms with E-state index >= 15 is 0 Å². The maximum absolute atomic E-state index is 10.9. The van der Waals surface area contributed by atoms with E-state index in [0.29, 0.717) is 0 Å². The van der Waals surface area contributed by atoms with E-state index in [0.717, 1.165) is 23.0 Å². The summed E-state index contributed by atoms with van der Waals surface area (Å²) in [5.41, 5.74) is 4.04. The van der Waals surface area contributed by atoms with Gasteiger partial charge in [0, 0.05) is 5.56 Å². The van der Waals surface area contributed by atoms with Gasteiger partial charge in [-0.1, -0.05) is 54.1 Å². The summed E-state index contributed by atoms with van der Waals surface area (Å²) in [6.07, 6.45) is 0.898. The van der Waals surface area contributed by atoms with Crippen molar-refractivity contribution in [1.29, 1.82) is 0 Å². The van der Waals surface area contributed by atoms with Gasteiger partial charge in [-0.25, -0.2) is 0 Å². The molecule has 0 atom stereocenters. The van der Waals surface area contributed by atoms with Gasteiger partial charge in [-0.2, -0.15) is 0 Å². The average Bonchev–Trinajstić information content (AvgIpc) is 2.30. The molecule has 0 aliphatic heterocycles. The van der Waals surface area contributed by atoms with E-state index < -0.39 is 0 Å². The Kier molecular flexibility index (Phi) is 2.64. The van der Waals surface area contributed by atoms with Crippen LogP contribution in [0.2, 0.25) is 0 Å². The molecule has 2 aromatic rings. The Hall–Kier alpha value is -1.89. The number of aldehydes is 1. The van der Waals surface area contributed by atoms with Gasteiger partial charge in [0.05, 0.1) is 0 Å². The molecule has 0 aliphatic rings. The molecular weight excluding hydrogens is 184 g/mol. The van der Waals surface area contributed by atoms with Gasteiger partial charge in [0.1, 0.15) is 0 Å². The standard InChI is InChI=1S/C14H12O/c1-11-6-8-12(9-7-11)14-5-3-2-4-13(14)10-15/h2-10H,1H3. The third-order valence-corrected chi connectivity index (χ3v) is 2.45. The topological polar surface area (TPSA) is 17.1 Å². The molecule has 0 unspecified atom stereocenters. The van der Waals surface area contributed by atoms with Crippen LogP contribution >= 0.6 is 0 Å². The molecule has 74 valence electrons. The molecule has 0 amide bonds. The van der Waals surface area contributed by atoms with Crippen molar-refractivity contribution in [3.8, 4) is 11.1 Å². The van der Waals surface area contributed by atoms with Crippen LogP contribution in [0.1, 0.15) is 15.9 Å². The highest BCUT2D eigenvalue weighted by Crippen LogP contribution is 2.22. The largest absolute Gasteiger partial charge is 0.298 e. The van der Waals surface area contributed by atoms with Crippen molar-refractivity contribution in [2.45, 2.75) is 6.92 Å². The highest BCUT2D eigenvalue weighted by atomic mass is 16.1. The Bertz CT molecular complexity index is 469. The van der Waals surface area contributed by atoms with Crippen LogP contribution in [0.5, 0.6) is 0 Å². The summed E-state index contributed by atoms with van der Waals surface area (Å²) in [5, 5.41) is 0. The van der Waals surface area contributed by atoms with Gasteiger partial charge in [-0.05, 0) is 18.1 Å². The Labute approximate surface area is 89.4 Å². The van der Waals surface area contributed by atoms with E-state index in [4.69, 9.17) is 0 Å². The van der Waals surface area contributed by atoms with Gasteiger partial charge in [-0.3, -0.25) is 4.79 Å². The summed E-state index contributed by atoms with van der Waals surface area (Å²) in [4.78, 5) is 10.9. The van der Waals surface area contributed by atoms with Crippen LogP contribution in [-0.2, 0) is 0 Å². The van der Waals surface area contributed by atoms with Crippen molar-refractivity contribution in [3.63, 3.8) is 0 Å². The first kappa shape index (κ1) is 9.66. The smallest absolute Gasteiger partial charge is 0.150 e. The van der Waals surface area contributed by atoms with Gasteiger partial charge in [0.15, 0.2) is 6.29 Å². The first-order valence-corrected chi connectivity index (χ1v) is 4.92. The van der Waals surface area contributed by atoms with Gasteiger partial charge in [0.2, 0.25) is 0 Å². The van der Waals surface area contributed by atoms with Gasteiger partial charge >= 0.3 is 0 Å². The molecule has 0 bridgehead atoms. The van der Waals surface area contributed by atoms with E-state index in [1.165, 1.54) is 5.56 Å². The molecule has 0 saturated carbocycles. The van der Waals surface area contributed by atoms with Crippen LogP contribution in [0.4, 0.5) is 0 Å². The average molecular weight is 196 g/mol. The lowest BCUT2D eigenvalue weighted by Gasteiger charge is -2.04. The molecule has 0 N–H and O–H groups in total. The number of carbonyl (C=O) groups excluding carboxylic acids is 1. The van der Waals surface area contributed by atoms with E-state index in [1.807, 2.05) is 36.4 Å². The van der Waals surface area contributed by atoms with Gasteiger partial charge < -0.3 is 0 Å². The zero-order chi connectivity index (χ0) is 10.7. The molecule has 0 radical (unpaired) electrons. The third-order valence-electron chi connectivity index (χ3n) is 2.45. The van der Waals surface area contributed by atoms with Crippen LogP contribution in [0.25, 0.3) is 11.1 Å². The highest BCUT2D eigenvalue weighted by Gasteiger charge is 2.02. The number of hydrogen-bond acceptors (Lipinski definition) is 1. The number of benzene rings is 2. The molecule has 2 rings (SSSR count). The lowest BCUT2D eigenvalue weighted by Crippen LogP contribution is -1.86. The molecule has 1 nitrogen and oxygen atoms in total. The summed E-state index contributed by atoms with van der Waals surface area (Å²) in [5.74, 6) is 0. The summed E-state index contributed by atoms with van der Waals surface area (Å²) < 4.78 is 0. The molecule has 15 heavy (non-hydrogen) atoms. The molecule has 0 spiro atoms. The van der Waals surface area contributed by atoms with E-state index in [-0.39, 0.29) is 0 Å². The second kappa shape index (κ2) is 4.09. The Balaban J connectivity index is 2.53. The number of rotatable bonds is 2. The molecule has 1 heteroatoms. The van der Waals surface area contributed by atoms with Gasteiger partial charge in [0.25, 0.3) is 0 Å². The lowest BCUT2D eigenvalue weighted by atomic mass is 10.00. The van der Waals surface area contributed by atoms with Crippen LogP contribution in [0.3, 0.4) is 0 Å². The van der Waals surface area contributed by atoms with Crippen molar-refractivity contribution < 1.29 is 4.79 Å². The second-order valence-corrected chi connectivity index (χ2v) is 3.57. The van der Waals surface area contributed by atoms with Crippen LogP contribution in [-0.4, -0.2) is 6.29 Å². The maximum Gasteiger partial charge on any atom is 0.150 e. The summed E-state index contributed by atoms with van der Waals surface area (Å²) in [7, 11) is 0. The summed E-state index contributed by atoms with van der Waals surface area (Å²) in [6.45, 7) is 2.05. The monoisotopic (exact) mass is 196 g/mol. The minimum absolute atomic E-state index is 0.737. The second-order valence-electron chi connectivity index (χ2n) is 3.57. The first-order valence-electron chi connectivity index (χ1n) is 4.92. The zero-order valence-corrected chi connectivity index (χ0v) is 8.60. The Morgan fingerprint density at radius 3 is 2.27 bits per heavy atom. The van der Waals surface area contributed by atoms with Crippen LogP contribution in [0, 0.1) is 6.92 Å². The normalized spacial score (nSPS) is 9.93. The van der Waals surface area contributed by atoms with Crippen molar-refractivity contribution in [3.05, 3.63) is 59.7 Å². The summed E-state index contributed by atoms with van der Waals surface area (Å²) >= 11 is 0. The number of carbonyl (C=O) groups is 1. The number of aryl methyl sites for hydroxylation is 1. The summed E-state index contributed by atoms with van der Waals surface area (Å²) in [6, 6.07) is 15.8. The molecule has 0 saturated heterocycles. The van der Waals surface area contributed by atoms with Crippen molar-refractivity contribution in [2.24, 2.45) is 0 Å². The quantitative estimate of drug-likeness (QED) is 0.672. The fourth-order valence-corrected chi connectivity index (χ4v) is 1.60. The fraction of sp³-hybridized carbons (Fsp3) is 0.0714. The highest BCUT2D eigenvalue weighted by molar-refractivity contribution is 5.87. The van der Waals surface area contributed by atoms with Crippen molar-refractivity contribution in [1.82, 2.24) is 0 Å². The zero-order valence-electron chi connectivity index (χ0n) is 8.60. The SMILES string of the molecule is Cc1ccc(-c2ccccc2C=O)cc1. The van der Waals surface area contributed by atoms with E-state index in [2.05, 4.69) is 19.1 Å². The Morgan fingerprint density at radius 1 is 0.933 bits per heavy atom. The van der Waals surface area contributed by atoms with Crippen molar-refractivity contribution >= 4 is 6.29 Å². The number of hydrogen-bond donors (Lipinski definition) is 0. The van der Waals surface area contributed by atoms with Crippen LogP contribution < -0.4 is 0 Å². The lowest BCUT2D eigenvalue weighted by molar-refractivity contribution is 0.112. The fourth-order valence-electron chi connectivity index (χ4n) is 1.60. The third kappa shape index (κ3) is 1.96. The molecule has 0 aliphatic carbocycles. The maximum atomic E-state index is 10.9. The molecule has 0 aromatic heterocycles. The first-order chi connectivity index (χ1) is 7.31. The minimum atomic E-state index is 0.737. The van der Waals surface area contributed by atoms with E-state index in [1.54, 1.807) is 0 Å². The van der Waals surface area contributed by atoms with Crippen molar-refractivity contribution in [2.75, 3.05) is 0 Å². The predicted octanol–water partition coefficient (Wildman–Crippen LogP) is 3.47. The minimum Gasteiger partial charge on any atom is -0.298 e. The molecule has 2 aromatic carbocycles. The predicted molar refractivity (Wildman–Crippen MR) is 62.0 cm³/mol. The van der Waals surface area contributed by atoms with Gasteiger partial charge in [-0.15, -0.1) is 0 Å².